The van der Waals surface area contributed by atoms with Crippen molar-refractivity contribution in [1.82, 2.24) is 0 Å². The Kier molecular flexibility index (Phi) is 2.27. The molecule has 0 saturated carbocycles. The molecule has 0 radical (unpaired) electrons. The molecule has 80 valence electrons. The predicted molar refractivity (Wildman–Crippen MR) is 57.6 cm³/mol. The molecule has 0 aliphatic heterocycles. The first kappa shape index (κ1) is 10.2. The lowest BCUT2D eigenvalue weighted by molar-refractivity contribution is -0.138. The van der Waals surface area contributed by atoms with Crippen LogP contribution in [0.25, 0.3) is 0 Å². The Labute approximate surface area is 88.9 Å². The number of rotatable bonds is 2. The van der Waals surface area contributed by atoms with Crippen LogP contribution in [0.4, 0.5) is 0 Å². The Bertz CT molecular complexity index is 414. The Hall–Kier alpha value is -1.35. The molecule has 1 unspecified atom stereocenters. The van der Waals surface area contributed by atoms with Gasteiger partial charge in [-0.25, -0.2) is 0 Å². The Balaban J connectivity index is 2.41. The first-order valence-corrected chi connectivity index (χ1v) is 5.12. The van der Waals surface area contributed by atoms with Gasteiger partial charge in [0.05, 0.1) is 12.0 Å². The standard InChI is InChI=1S/C12H15NO2/c1-8-2-3-9-4-5-12(13,7-11(14)15)10(9)6-8/h2-3,6H,4-5,7,13H2,1H3,(H,14,15). The van der Waals surface area contributed by atoms with Gasteiger partial charge in [-0.2, -0.15) is 0 Å². The van der Waals surface area contributed by atoms with Crippen molar-refractivity contribution in [3.8, 4) is 0 Å². The maximum absolute atomic E-state index is 10.8. The molecule has 1 aliphatic rings. The monoisotopic (exact) mass is 205 g/mol. The molecule has 0 fully saturated rings. The Morgan fingerprint density at radius 1 is 1.60 bits per heavy atom. The van der Waals surface area contributed by atoms with Crippen molar-refractivity contribution in [2.75, 3.05) is 0 Å². The highest BCUT2D eigenvalue weighted by atomic mass is 16.4. The van der Waals surface area contributed by atoms with E-state index in [1.54, 1.807) is 0 Å². The molecular weight excluding hydrogens is 190 g/mol. The van der Waals surface area contributed by atoms with Crippen LogP contribution < -0.4 is 5.73 Å². The van der Waals surface area contributed by atoms with Gasteiger partial charge in [0.2, 0.25) is 0 Å². The van der Waals surface area contributed by atoms with Gasteiger partial charge in [-0.05, 0) is 30.9 Å². The van der Waals surface area contributed by atoms with E-state index in [0.29, 0.717) is 0 Å². The van der Waals surface area contributed by atoms with Gasteiger partial charge >= 0.3 is 5.97 Å². The molecule has 0 heterocycles. The summed E-state index contributed by atoms with van der Waals surface area (Å²) in [6.07, 6.45) is 1.64. The fourth-order valence-corrected chi connectivity index (χ4v) is 2.32. The summed E-state index contributed by atoms with van der Waals surface area (Å²) in [6.45, 7) is 2.00. The van der Waals surface area contributed by atoms with E-state index in [9.17, 15) is 4.79 Å². The number of carbonyl (C=O) groups is 1. The normalized spacial score (nSPS) is 23.9. The average Bonchev–Trinajstić information content (AvgIpc) is 2.43. The molecule has 15 heavy (non-hydrogen) atoms. The molecule has 3 heteroatoms. The van der Waals surface area contributed by atoms with Crippen LogP contribution in [0.1, 0.15) is 29.5 Å². The van der Waals surface area contributed by atoms with E-state index in [1.165, 1.54) is 5.56 Å². The van der Waals surface area contributed by atoms with Gasteiger partial charge in [-0.3, -0.25) is 4.79 Å². The number of aliphatic carboxylic acids is 1. The lowest BCUT2D eigenvalue weighted by Crippen LogP contribution is -2.36. The molecule has 1 aliphatic carbocycles. The minimum Gasteiger partial charge on any atom is -0.481 e. The van der Waals surface area contributed by atoms with E-state index >= 15 is 0 Å². The quantitative estimate of drug-likeness (QED) is 0.770. The number of carboxylic acids is 1. The van der Waals surface area contributed by atoms with Crippen LogP contribution in [-0.2, 0) is 16.8 Å². The summed E-state index contributed by atoms with van der Waals surface area (Å²) in [5.41, 5.74) is 8.85. The van der Waals surface area contributed by atoms with Crippen LogP contribution in [0.15, 0.2) is 18.2 Å². The van der Waals surface area contributed by atoms with E-state index in [2.05, 4.69) is 6.07 Å². The maximum Gasteiger partial charge on any atom is 0.305 e. The topological polar surface area (TPSA) is 63.3 Å². The third kappa shape index (κ3) is 1.75. The molecule has 3 N–H and O–H groups in total. The van der Waals surface area contributed by atoms with E-state index in [4.69, 9.17) is 10.8 Å². The largest absolute Gasteiger partial charge is 0.481 e. The molecular formula is C12H15NO2. The van der Waals surface area contributed by atoms with Gasteiger partial charge < -0.3 is 10.8 Å². The lowest BCUT2D eigenvalue weighted by Gasteiger charge is -2.23. The average molecular weight is 205 g/mol. The zero-order valence-corrected chi connectivity index (χ0v) is 8.79. The van der Waals surface area contributed by atoms with E-state index in [1.807, 2.05) is 19.1 Å². The zero-order chi connectivity index (χ0) is 11.1. The van der Waals surface area contributed by atoms with Crippen molar-refractivity contribution in [3.05, 3.63) is 34.9 Å². The van der Waals surface area contributed by atoms with Crippen LogP contribution in [0, 0.1) is 6.92 Å². The van der Waals surface area contributed by atoms with Gasteiger partial charge in [0, 0.05) is 0 Å². The number of carboxylic acid groups (broad SMARTS) is 1. The third-order valence-corrected chi connectivity index (χ3v) is 3.11. The van der Waals surface area contributed by atoms with Crippen molar-refractivity contribution >= 4 is 5.97 Å². The summed E-state index contributed by atoms with van der Waals surface area (Å²) in [6, 6.07) is 6.12. The smallest absolute Gasteiger partial charge is 0.305 e. The summed E-state index contributed by atoms with van der Waals surface area (Å²) in [5, 5.41) is 8.85. The molecule has 1 atom stereocenters. The summed E-state index contributed by atoms with van der Waals surface area (Å²) in [7, 11) is 0. The van der Waals surface area contributed by atoms with Gasteiger partial charge in [-0.15, -0.1) is 0 Å². The van der Waals surface area contributed by atoms with Crippen molar-refractivity contribution in [2.45, 2.75) is 31.7 Å². The molecule has 2 rings (SSSR count). The Morgan fingerprint density at radius 3 is 3.00 bits per heavy atom. The number of hydrogen-bond donors (Lipinski definition) is 2. The maximum atomic E-state index is 10.8. The highest BCUT2D eigenvalue weighted by Crippen LogP contribution is 2.37. The molecule has 0 amide bonds. The Morgan fingerprint density at radius 2 is 2.33 bits per heavy atom. The molecule has 0 spiro atoms. The second-order valence-electron chi connectivity index (χ2n) is 4.39. The first-order chi connectivity index (χ1) is 7.01. The zero-order valence-electron chi connectivity index (χ0n) is 8.79. The molecule has 0 bridgehead atoms. The van der Waals surface area contributed by atoms with Crippen molar-refractivity contribution in [2.24, 2.45) is 5.73 Å². The van der Waals surface area contributed by atoms with Crippen molar-refractivity contribution in [3.63, 3.8) is 0 Å². The van der Waals surface area contributed by atoms with Gasteiger partial charge in [0.15, 0.2) is 0 Å². The van der Waals surface area contributed by atoms with Crippen molar-refractivity contribution < 1.29 is 9.90 Å². The number of hydrogen-bond acceptors (Lipinski definition) is 2. The summed E-state index contributed by atoms with van der Waals surface area (Å²) >= 11 is 0. The van der Waals surface area contributed by atoms with Gasteiger partial charge in [0.1, 0.15) is 0 Å². The summed E-state index contributed by atoms with van der Waals surface area (Å²) in [5.74, 6) is -0.827. The van der Waals surface area contributed by atoms with E-state index in [-0.39, 0.29) is 6.42 Å². The fourth-order valence-electron chi connectivity index (χ4n) is 2.32. The highest BCUT2D eigenvalue weighted by Gasteiger charge is 2.36. The number of nitrogens with two attached hydrogens (primary N) is 1. The van der Waals surface area contributed by atoms with Crippen LogP contribution in [0.5, 0.6) is 0 Å². The molecule has 1 aromatic rings. The minimum atomic E-state index is -0.827. The van der Waals surface area contributed by atoms with Gasteiger partial charge in [0.25, 0.3) is 0 Å². The highest BCUT2D eigenvalue weighted by molar-refractivity contribution is 5.69. The first-order valence-electron chi connectivity index (χ1n) is 5.12. The van der Waals surface area contributed by atoms with Crippen LogP contribution in [0.3, 0.4) is 0 Å². The van der Waals surface area contributed by atoms with Crippen LogP contribution >= 0.6 is 0 Å². The van der Waals surface area contributed by atoms with E-state index in [0.717, 1.165) is 24.0 Å². The third-order valence-electron chi connectivity index (χ3n) is 3.11. The van der Waals surface area contributed by atoms with Crippen LogP contribution in [0.2, 0.25) is 0 Å². The lowest BCUT2D eigenvalue weighted by atomic mass is 9.89. The molecule has 1 aromatic carbocycles. The number of fused-ring (bicyclic) bond motifs is 1. The number of benzene rings is 1. The molecule has 3 nitrogen and oxygen atoms in total. The van der Waals surface area contributed by atoms with Crippen molar-refractivity contribution in [1.29, 1.82) is 0 Å². The van der Waals surface area contributed by atoms with Crippen LogP contribution in [-0.4, -0.2) is 11.1 Å². The second-order valence-corrected chi connectivity index (χ2v) is 4.39. The second kappa shape index (κ2) is 3.35. The van der Waals surface area contributed by atoms with Gasteiger partial charge in [-0.1, -0.05) is 23.8 Å². The minimum absolute atomic E-state index is 0.0173. The SMILES string of the molecule is Cc1ccc2c(c1)C(N)(CC(=O)O)CC2. The number of aryl methyl sites for hydroxylation is 2. The predicted octanol–water partition coefficient (Wildman–Crippen LogP) is 1.57. The summed E-state index contributed by atoms with van der Waals surface area (Å²) < 4.78 is 0. The fraction of sp³-hybridized carbons (Fsp3) is 0.417. The van der Waals surface area contributed by atoms with E-state index < -0.39 is 11.5 Å². The molecule has 0 aromatic heterocycles. The molecule has 0 saturated heterocycles. The summed E-state index contributed by atoms with van der Waals surface area (Å²) in [4.78, 5) is 10.8.